The first-order chi connectivity index (χ1) is 13.3. The van der Waals surface area contributed by atoms with Gasteiger partial charge >= 0.3 is 5.97 Å². The maximum atomic E-state index is 13.6. The average molecular weight is 389 g/mol. The summed E-state index contributed by atoms with van der Waals surface area (Å²) in [6.45, 7) is 1.21. The molecule has 0 aromatic heterocycles. The Hall–Kier alpha value is -3.55. The van der Waals surface area contributed by atoms with Crippen molar-refractivity contribution in [2.45, 2.75) is 13.0 Å². The Balaban J connectivity index is 1.75. The molecule has 1 atom stereocenters. The van der Waals surface area contributed by atoms with Crippen molar-refractivity contribution < 1.29 is 32.6 Å². The molecule has 0 saturated heterocycles. The lowest BCUT2D eigenvalue weighted by atomic mass is 10.1. The smallest absolute Gasteiger partial charge is 0.342 e. The Bertz CT molecular complexity index is 1080. The number of hydrogen-bond donors (Lipinski definition) is 2. The molecule has 1 unspecified atom stereocenters. The van der Waals surface area contributed by atoms with E-state index >= 15 is 0 Å². The number of esters is 1. The Morgan fingerprint density at radius 3 is 2.46 bits per heavy atom. The van der Waals surface area contributed by atoms with Crippen molar-refractivity contribution in [1.82, 2.24) is 0 Å². The van der Waals surface area contributed by atoms with E-state index in [2.05, 4.69) is 0 Å². The summed E-state index contributed by atoms with van der Waals surface area (Å²) >= 11 is 0. The fraction of sp³-hybridized carbons (Fsp3) is 0.100. The molecule has 0 spiro atoms. The van der Waals surface area contributed by atoms with E-state index in [1.54, 1.807) is 30.3 Å². The van der Waals surface area contributed by atoms with Crippen LogP contribution in [0.2, 0.25) is 0 Å². The molecule has 3 aromatic rings. The molecule has 0 radical (unpaired) electrons. The standard InChI is InChI=1S/C20H14F3NO4/c1-10(19(26)24-15-9-8-14(21)16(22)17(15)23)28-20(27)13-7-6-11-4-2-3-5-12(11)18(13)25/h2-10,25H,1H3,(H,24,26). The fourth-order valence-electron chi connectivity index (χ4n) is 2.55. The molecular formula is C20H14F3NO4. The van der Waals surface area contributed by atoms with Crippen molar-refractivity contribution in [1.29, 1.82) is 0 Å². The van der Waals surface area contributed by atoms with E-state index < -0.39 is 41.1 Å². The van der Waals surface area contributed by atoms with Gasteiger partial charge in [-0.15, -0.1) is 0 Å². The van der Waals surface area contributed by atoms with Gasteiger partial charge in [0.15, 0.2) is 23.6 Å². The van der Waals surface area contributed by atoms with Gasteiger partial charge in [0.25, 0.3) is 5.91 Å². The maximum Gasteiger partial charge on any atom is 0.342 e. The molecule has 3 aromatic carbocycles. The first kappa shape index (κ1) is 19.2. The van der Waals surface area contributed by atoms with E-state index in [0.717, 1.165) is 6.07 Å². The van der Waals surface area contributed by atoms with Crippen LogP contribution in [0.15, 0.2) is 48.5 Å². The number of anilines is 1. The number of benzene rings is 3. The second-order valence-electron chi connectivity index (χ2n) is 5.94. The van der Waals surface area contributed by atoms with Crippen molar-refractivity contribution in [2.24, 2.45) is 0 Å². The molecule has 0 aliphatic heterocycles. The van der Waals surface area contributed by atoms with Gasteiger partial charge in [0.1, 0.15) is 11.3 Å². The number of fused-ring (bicyclic) bond motifs is 1. The Morgan fingerprint density at radius 2 is 1.71 bits per heavy atom. The minimum Gasteiger partial charge on any atom is -0.506 e. The largest absolute Gasteiger partial charge is 0.506 e. The second kappa shape index (κ2) is 7.59. The van der Waals surface area contributed by atoms with Gasteiger partial charge in [-0.2, -0.15) is 0 Å². The van der Waals surface area contributed by atoms with Crippen LogP contribution in [0.4, 0.5) is 18.9 Å². The molecule has 0 bridgehead atoms. The predicted octanol–water partition coefficient (Wildman–Crippen LogP) is 4.15. The minimum atomic E-state index is -1.73. The highest BCUT2D eigenvalue weighted by atomic mass is 19.2. The van der Waals surface area contributed by atoms with Crippen molar-refractivity contribution >= 4 is 28.3 Å². The first-order valence-corrected chi connectivity index (χ1v) is 8.15. The van der Waals surface area contributed by atoms with E-state index in [0.29, 0.717) is 16.8 Å². The van der Waals surface area contributed by atoms with Crippen LogP contribution in [0.3, 0.4) is 0 Å². The highest BCUT2D eigenvalue weighted by molar-refractivity contribution is 6.02. The van der Waals surface area contributed by atoms with Crippen LogP contribution in [0.5, 0.6) is 5.75 Å². The molecule has 0 fully saturated rings. The number of phenols is 1. The molecular weight excluding hydrogens is 375 g/mol. The number of carbonyl (C=O) groups is 2. The lowest BCUT2D eigenvalue weighted by Gasteiger charge is -2.15. The van der Waals surface area contributed by atoms with Crippen LogP contribution in [-0.4, -0.2) is 23.1 Å². The molecule has 0 heterocycles. The fourth-order valence-corrected chi connectivity index (χ4v) is 2.55. The molecule has 1 amide bonds. The van der Waals surface area contributed by atoms with Crippen molar-refractivity contribution in [2.75, 3.05) is 5.32 Å². The third-order valence-electron chi connectivity index (χ3n) is 4.07. The Kier molecular flexibility index (Phi) is 5.21. The van der Waals surface area contributed by atoms with Crippen molar-refractivity contribution in [3.8, 4) is 5.75 Å². The third kappa shape index (κ3) is 3.62. The first-order valence-electron chi connectivity index (χ1n) is 8.15. The number of halogens is 3. The number of rotatable bonds is 4. The number of nitrogens with one attached hydrogen (secondary N) is 1. The normalized spacial score (nSPS) is 11.9. The zero-order valence-corrected chi connectivity index (χ0v) is 14.5. The number of phenolic OH excluding ortho intramolecular Hbond substituents is 1. The van der Waals surface area contributed by atoms with Gasteiger partial charge in [-0.3, -0.25) is 4.79 Å². The lowest BCUT2D eigenvalue weighted by molar-refractivity contribution is -0.123. The highest BCUT2D eigenvalue weighted by Gasteiger charge is 2.23. The van der Waals surface area contributed by atoms with Crippen LogP contribution in [0.1, 0.15) is 17.3 Å². The molecule has 0 aliphatic rings. The molecule has 144 valence electrons. The second-order valence-corrected chi connectivity index (χ2v) is 5.94. The monoisotopic (exact) mass is 389 g/mol. The topological polar surface area (TPSA) is 75.6 Å². The van der Waals surface area contributed by atoms with Crippen LogP contribution in [0.25, 0.3) is 10.8 Å². The summed E-state index contributed by atoms with van der Waals surface area (Å²) in [6, 6.07) is 11.3. The van der Waals surface area contributed by atoms with Gasteiger partial charge in [0.05, 0.1) is 5.69 Å². The van der Waals surface area contributed by atoms with Gasteiger partial charge < -0.3 is 15.2 Å². The summed E-state index contributed by atoms with van der Waals surface area (Å²) in [5.41, 5.74) is -0.752. The summed E-state index contributed by atoms with van der Waals surface area (Å²) in [5, 5.41) is 13.4. The van der Waals surface area contributed by atoms with Gasteiger partial charge in [-0.25, -0.2) is 18.0 Å². The van der Waals surface area contributed by atoms with Gasteiger partial charge in [-0.1, -0.05) is 30.3 Å². The number of hydrogen-bond acceptors (Lipinski definition) is 4. The summed E-state index contributed by atoms with van der Waals surface area (Å²) in [6.07, 6.45) is -1.40. The van der Waals surface area contributed by atoms with Crippen LogP contribution in [-0.2, 0) is 9.53 Å². The summed E-state index contributed by atoms with van der Waals surface area (Å²) < 4.78 is 44.8. The summed E-state index contributed by atoms with van der Waals surface area (Å²) in [5.74, 6) is -6.94. The lowest BCUT2D eigenvalue weighted by Crippen LogP contribution is -2.30. The van der Waals surface area contributed by atoms with E-state index in [1.807, 2.05) is 5.32 Å². The Morgan fingerprint density at radius 1 is 1.00 bits per heavy atom. The quantitative estimate of drug-likeness (QED) is 0.519. The third-order valence-corrected chi connectivity index (χ3v) is 4.07. The number of ether oxygens (including phenoxy) is 1. The van der Waals surface area contributed by atoms with E-state index in [4.69, 9.17) is 4.74 Å². The van der Waals surface area contributed by atoms with Crippen LogP contribution >= 0.6 is 0 Å². The molecule has 5 nitrogen and oxygen atoms in total. The average Bonchev–Trinajstić information content (AvgIpc) is 2.68. The molecule has 3 rings (SSSR count). The molecule has 28 heavy (non-hydrogen) atoms. The SMILES string of the molecule is CC(OC(=O)c1ccc2ccccc2c1O)C(=O)Nc1ccc(F)c(F)c1F. The van der Waals surface area contributed by atoms with E-state index in [9.17, 15) is 27.9 Å². The van der Waals surface area contributed by atoms with Gasteiger partial charge in [0.2, 0.25) is 0 Å². The molecule has 0 aliphatic carbocycles. The predicted molar refractivity (Wildman–Crippen MR) is 95.4 cm³/mol. The molecule has 8 heteroatoms. The number of carbonyl (C=O) groups excluding carboxylic acids is 2. The van der Waals surface area contributed by atoms with E-state index in [-0.39, 0.29) is 11.3 Å². The maximum absolute atomic E-state index is 13.6. The highest BCUT2D eigenvalue weighted by Crippen LogP contribution is 2.29. The van der Waals surface area contributed by atoms with Crippen molar-refractivity contribution in [3.05, 3.63) is 71.5 Å². The van der Waals surface area contributed by atoms with Gasteiger partial charge in [-0.05, 0) is 30.5 Å². The van der Waals surface area contributed by atoms with Crippen molar-refractivity contribution in [3.63, 3.8) is 0 Å². The zero-order chi connectivity index (χ0) is 20.4. The van der Waals surface area contributed by atoms with E-state index in [1.165, 1.54) is 13.0 Å². The molecule has 0 saturated carbocycles. The zero-order valence-electron chi connectivity index (χ0n) is 14.5. The number of aromatic hydroxyl groups is 1. The Labute approximate surface area is 157 Å². The van der Waals surface area contributed by atoms with Crippen LogP contribution in [0, 0.1) is 17.5 Å². The molecule has 2 N–H and O–H groups in total. The summed E-state index contributed by atoms with van der Waals surface area (Å²) in [4.78, 5) is 24.4. The van der Waals surface area contributed by atoms with Crippen LogP contribution < -0.4 is 5.32 Å². The minimum absolute atomic E-state index is 0.155. The summed E-state index contributed by atoms with van der Waals surface area (Å²) in [7, 11) is 0. The van der Waals surface area contributed by atoms with Gasteiger partial charge in [0, 0.05) is 5.39 Å². The number of amides is 1.